The third-order valence-electron chi connectivity index (χ3n) is 2.63. The zero-order chi connectivity index (χ0) is 11.2. The van der Waals surface area contributed by atoms with Crippen molar-refractivity contribution < 1.29 is 29.5 Å². The molecule has 88 valence electrons. The summed E-state index contributed by atoms with van der Waals surface area (Å²) in [6.07, 6.45) is -4.10. The highest BCUT2D eigenvalue weighted by atomic mass is 16.8. The van der Waals surface area contributed by atoms with Crippen LogP contribution in [-0.2, 0) is 14.2 Å². The molecule has 0 aliphatic carbocycles. The van der Waals surface area contributed by atoms with E-state index in [4.69, 9.17) is 19.3 Å². The summed E-state index contributed by atoms with van der Waals surface area (Å²) in [4.78, 5) is 0. The van der Waals surface area contributed by atoms with Crippen molar-refractivity contribution in [3.8, 4) is 0 Å². The molecule has 2 aliphatic rings. The summed E-state index contributed by atoms with van der Waals surface area (Å²) in [6, 6.07) is 0. The highest BCUT2D eigenvalue weighted by Crippen LogP contribution is 2.38. The molecule has 2 aliphatic heterocycles. The van der Waals surface area contributed by atoms with Crippen LogP contribution < -0.4 is 0 Å². The number of aliphatic hydroxyl groups is 3. The predicted molar refractivity (Wildman–Crippen MR) is 47.8 cm³/mol. The van der Waals surface area contributed by atoms with Gasteiger partial charge in [-0.15, -0.1) is 0 Å². The van der Waals surface area contributed by atoms with Gasteiger partial charge in [-0.25, -0.2) is 0 Å². The van der Waals surface area contributed by atoms with Crippen LogP contribution in [0.2, 0.25) is 0 Å². The fourth-order valence-electron chi connectivity index (χ4n) is 2.02. The minimum absolute atomic E-state index is 0.440. The second kappa shape index (κ2) is 3.65. The zero-order valence-corrected chi connectivity index (χ0v) is 8.66. The average Bonchev–Trinajstić information content (AvgIpc) is 2.61. The minimum Gasteiger partial charge on any atom is -0.394 e. The van der Waals surface area contributed by atoms with Gasteiger partial charge in [-0.2, -0.15) is 0 Å². The molecule has 0 amide bonds. The first-order valence-electron chi connectivity index (χ1n) is 4.93. The van der Waals surface area contributed by atoms with Crippen LogP contribution in [0.3, 0.4) is 0 Å². The van der Waals surface area contributed by atoms with Crippen molar-refractivity contribution in [2.45, 2.75) is 50.3 Å². The van der Waals surface area contributed by atoms with E-state index in [0.717, 1.165) is 0 Å². The Kier molecular flexibility index (Phi) is 2.74. The maximum Gasteiger partial charge on any atom is 0.184 e. The topological polar surface area (TPSA) is 88.4 Å². The number of fused-ring (bicyclic) bond motifs is 1. The Bertz CT molecular complexity index is 243. The second-order valence-corrected chi connectivity index (χ2v) is 4.31. The molecule has 6 nitrogen and oxygen atoms in total. The molecule has 0 spiro atoms. The molecule has 3 N–H and O–H groups in total. The summed E-state index contributed by atoms with van der Waals surface area (Å²) in [5.74, 6) is -0.798. The third kappa shape index (κ3) is 1.89. The van der Waals surface area contributed by atoms with Gasteiger partial charge >= 0.3 is 0 Å². The first-order valence-corrected chi connectivity index (χ1v) is 4.93. The van der Waals surface area contributed by atoms with Crippen LogP contribution in [0.1, 0.15) is 13.8 Å². The Morgan fingerprint density at radius 2 is 1.87 bits per heavy atom. The van der Waals surface area contributed by atoms with Crippen molar-refractivity contribution in [1.29, 1.82) is 0 Å². The summed E-state index contributed by atoms with van der Waals surface area (Å²) >= 11 is 0. The average molecular weight is 220 g/mol. The molecule has 0 aromatic heterocycles. The predicted octanol–water partition coefficient (Wildman–Crippen LogP) is -1.42. The van der Waals surface area contributed by atoms with E-state index in [1.807, 2.05) is 0 Å². The summed E-state index contributed by atoms with van der Waals surface area (Å²) in [6.45, 7) is 3.01. The smallest absolute Gasteiger partial charge is 0.184 e. The Balaban J connectivity index is 2.12. The second-order valence-electron chi connectivity index (χ2n) is 4.31. The molecule has 1 unspecified atom stereocenters. The van der Waals surface area contributed by atoms with E-state index in [9.17, 15) is 10.2 Å². The third-order valence-corrected chi connectivity index (χ3v) is 2.63. The molecule has 2 saturated heterocycles. The molecule has 0 saturated carbocycles. The summed E-state index contributed by atoms with van der Waals surface area (Å²) in [7, 11) is 0. The quantitative estimate of drug-likeness (QED) is 0.529. The van der Waals surface area contributed by atoms with Gasteiger partial charge in [0.15, 0.2) is 12.1 Å². The van der Waals surface area contributed by atoms with Gasteiger partial charge in [-0.3, -0.25) is 0 Å². The van der Waals surface area contributed by atoms with Gasteiger partial charge in [0.2, 0.25) is 0 Å². The normalized spacial score (nSPS) is 45.4. The van der Waals surface area contributed by atoms with Crippen LogP contribution in [0.5, 0.6) is 0 Å². The molecule has 2 heterocycles. The lowest BCUT2D eigenvalue weighted by atomic mass is 10.1. The van der Waals surface area contributed by atoms with Crippen molar-refractivity contribution in [2.75, 3.05) is 6.61 Å². The highest BCUT2D eigenvalue weighted by molar-refractivity contribution is 4.97. The molecule has 2 rings (SSSR count). The van der Waals surface area contributed by atoms with E-state index in [1.54, 1.807) is 13.8 Å². The van der Waals surface area contributed by atoms with Crippen LogP contribution in [0.25, 0.3) is 0 Å². The molecular weight excluding hydrogens is 204 g/mol. The molecule has 2 fully saturated rings. The van der Waals surface area contributed by atoms with Crippen LogP contribution in [0.15, 0.2) is 0 Å². The number of hydrogen-bond acceptors (Lipinski definition) is 6. The van der Waals surface area contributed by atoms with Crippen LogP contribution in [0.4, 0.5) is 0 Å². The Morgan fingerprint density at radius 3 is 2.47 bits per heavy atom. The molecule has 0 aromatic rings. The lowest BCUT2D eigenvalue weighted by Gasteiger charge is -2.24. The van der Waals surface area contributed by atoms with Crippen molar-refractivity contribution in [2.24, 2.45) is 0 Å². The molecular formula is C9H16O6. The van der Waals surface area contributed by atoms with Crippen molar-refractivity contribution in [3.05, 3.63) is 0 Å². The SMILES string of the molecule is CC1(C)O[C@H]2[C@@H]([C@H](O)CO)OC(O)[C@H]2O1. The molecule has 0 radical (unpaired) electrons. The number of hydrogen-bond donors (Lipinski definition) is 3. The molecule has 0 aromatic carbocycles. The van der Waals surface area contributed by atoms with Gasteiger partial charge in [0.1, 0.15) is 24.4 Å². The van der Waals surface area contributed by atoms with E-state index in [1.165, 1.54) is 0 Å². The monoisotopic (exact) mass is 220 g/mol. The Hall–Kier alpha value is -0.240. The van der Waals surface area contributed by atoms with Crippen molar-refractivity contribution in [1.82, 2.24) is 0 Å². The lowest BCUT2D eigenvalue weighted by Crippen LogP contribution is -2.40. The van der Waals surface area contributed by atoms with E-state index < -0.39 is 43.1 Å². The van der Waals surface area contributed by atoms with E-state index >= 15 is 0 Å². The Morgan fingerprint density at radius 1 is 1.27 bits per heavy atom. The molecule has 0 bridgehead atoms. The van der Waals surface area contributed by atoms with Gasteiger partial charge in [-0.1, -0.05) is 0 Å². The maximum atomic E-state index is 9.53. The lowest BCUT2D eigenvalue weighted by molar-refractivity contribution is -0.231. The van der Waals surface area contributed by atoms with Crippen LogP contribution >= 0.6 is 0 Å². The fourth-order valence-corrected chi connectivity index (χ4v) is 2.02. The van der Waals surface area contributed by atoms with Gasteiger partial charge in [-0.05, 0) is 13.8 Å². The van der Waals surface area contributed by atoms with E-state index in [0.29, 0.717) is 0 Å². The van der Waals surface area contributed by atoms with E-state index in [2.05, 4.69) is 0 Å². The van der Waals surface area contributed by atoms with E-state index in [-0.39, 0.29) is 0 Å². The first kappa shape index (κ1) is 11.3. The number of rotatable bonds is 2. The summed E-state index contributed by atoms with van der Waals surface area (Å²) in [5.41, 5.74) is 0. The number of ether oxygens (including phenoxy) is 3. The van der Waals surface area contributed by atoms with Gasteiger partial charge in [0.05, 0.1) is 6.61 Å². The Labute approximate surface area is 87.4 Å². The first-order chi connectivity index (χ1) is 6.94. The molecule has 5 atom stereocenters. The fraction of sp³-hybridized carbons (Fsp3) is 1.00. The maximum absolute atomic E-state index is 9.53. The standard InChI is InChI=1S/C9H16O6/c1-9(2)14-6-5(4(11)3-10)13-8(12)7(6)15-9/h4-8,10-12H,3H2,1-2H3/t4-,5-,6+,7+,8?/m1/s1. The van der Waals surface area contributed by atoms with Crippen molar-refractivity contribution >= 4 is 0 Å². The van der Waals surface area contributed by atoms with Gasteiger partial charge < -0.3 is 29.5 Å². The highest BCUT2D eigenvalue weighted by Gasteiger charge is 2.56. The van der Waals surface area contributed by atoms with Crippen molar-refractivity contribution in [3.63, 3.8) is 0 Å². The van der Waals surface area contributed by atoms with Gasteiger partial charge in [0.25, 0.3) is 0 Å². The zero-order valence-electron chi connectivity index (χ0n) is 8.66. The van der Waals surface area contributed by atoms with Gasteiger partial charge in [0, 0.05) is 0 Å². The van der Waals surface area contributed by atoms with Crippen LogP contribution in [0, 0.1) is 0 Å². The molecule has 15 heavy (non-hydrogen) atoms. The minimum atomic E-state index is -1.12. The molecule has 6 heteroatoms. The summed E-state index contributed by atoms with van der Waals surface area (Å²) < 4.78 is 16.0. The number of aliphatic hydroxyl groups excluding tert-OH is 3. The van der Waals surface area contributed by atoms with Crippen LogP contribution in [-0.4, -0.2) is 58.4 Å². The summed E-state index contributed by atoms with van der Waals surface area (Å²) in [5, 5.41) is 27.8. The largest absolute Gasteiger partial charge is 0.394 e.